The number of carbonyl (C=O) groups is 4. The fourth-order valence-corrected chi connectivity index (χ4v) is 12.6. The molecule has 0 bridgehead atoms. The molecule has 0 aliphatic rings. The Labute approximate surface area is 562 Å². The largest absolute Gasteiger partial charge is 0.472 e. The lowest BCUT2D eigenvalue weighted by molar-refractivity contribution is -0.161. The van der Waals surface area contributed by atoms with Gasteiger partial charge in [0.05, 0.1) is 26.4 Å². The summed E-state index contributed by atoms with van der Waals surface area (Å²) in [7, 11) is -9.90. The second kappa shape index (κ2) is 63.8. The van der Waals surface area contributed by atoms with Crippen LogP contribution in [0.15, 0.2) is 0 Å². The van der Waals surface area contributed by atoms with E-state index in [1.54, 1.807) is 0 Å². The molecule has 0 aromatic rings. The van der Waals surface area contributed by atoms with Crippen molar-refractivity contribution in [3.8, 4) is 0 Å². The zero-order valence-electron chi connectivity index (χ0n) is 60.0. The average Bonchev–Trinajstić information content (AvgIpc) is 1.57. The monoisotopic (exact) mass is 1350 g/mol. The van der Waals surface area contributed by atoms with Crippen LogP contribution >= 0.6 is 15.6 Å². The molecule has 6 atom stereocenters. The number of rotatable bonds is 71. The first kappa shape index (κ1) is 90.1. The van der Waals surface area contributed by atoms with Crippen molar-refractivity contribution in [1.29, 1.82) is 0 Å². The highest BCUT2D eigenvalue weighted by molar-refractivity contribution is 7.47. The Balaban J connectivity index is 5.21. The van der Waals surface area contributed by atoms with Crippen LogP contribution in [0.1, 0.15) is 370 Å². The maximum Gasteiger partial charge on any atom is 0.472 e. The van der Waals surface area contributed by atoms with Crippen molar-refractivity contribution in [2.45, 2.75) is 388 Å². The van der Waals surface area contributed by atoms with Crippen molar-refractivity contribution in [3.63, 3.8) is 0 Å². The summed E-state index contributed by atoms with van der Waals surface area (Å²) in [6, 6.07) is 0. The number of phosphoric ester groups is 2. The Kier molecular flexibility index (Phi) is 62.4. The molecule has 17 nitrogen and oxygen atoms in total. The first-order valence-electron chi connectivity index (χ1n) is 37.9. The summed E-state index contributed by atoms with van der Waals surface area (Å²) in [6.45, 7) is 11.7. The fraction of sp³-hybridized carbons (Fsp3) is 0.945. The average molecular weight is 1350 g/mol. The topological polar surface area (TPSA) is 237 Å². The number of carbonyl (C=O) groups excluding carboxylic acids is 4. The smallest absolute Gasteiger partial charge is 0.462 e. The molecule has 3 N–H and O–H groups in total. The standard InChI is InChI=1S/C73H142O17P2/c1-8-10-11-12-13-14-15-16-17-18-22-25-28-31-40-47-54-70(75)83-60-68(89-72(77)56-49-42-32-29-26-23-20-19-21-24-27-30-39-46-53-66(7)9-2)62-87-91(79,80)85-58-67(74)59-86-92(81,82)88-63-69(90-73(78)57-50-43-36-34-38-45-52-65(5)6)61-84-71(76)55-48-41-35-33-37-44-51-64(3)4/h64-69,74H,8-63H2,1-7H3,(H,79,80)(H,81,82)/t66?,67-,68-,69-/m1/s1. The van der Waals surface area contributed by atoms with E-state index >= 15 is 0 Å². The summed E-state index contributed by atoms with van der Waals surface area (Å²) in [5.74, 6) is 0.0664. The summed E-state index contributed by atoms with van der Waals surface area (Å²) in [6.07, 6.45) is 48.9. The van der Waals surface area contributed by atoms with Crippen molar-refractivity contribution in [3.05, 3.63) is 0 Å². The van der Waals surface area contributed by atoms with Crippen LogP contribution < -0.4 is 0 Å². The third kappa shape index (κ3) is 65.4. The predicted octanol–water partition coefficient (Wildman–Crippen LogP) is 21.0. The number of phosphoric acid groups is 2. The van der Waals surface area contributed by atoms with E-state index in [1.165, 1.54) is 173 Å². The SMILES string of the molecule is CCCCCCCCCCCCCCCCCCC(=O)OC[C@H](COP(=O)(O)OC[C@@H](O)COP(=O)(O)OC[C@@H](COC(=O)CCCCCCCCC(C)C)OC(=O)CCCCCCCCC(C)C)OC(=O)CCCCCCCCCCCCCCCCC(C)CC. The Morgan fingerprint density at radius 2 is 0.554 bits per heavy atom. The van der Waals surface area contributed by atoms with Crippen molar-refractivity contribution in [2.75, 3.05) is 39.6 Å². The van der Waals surface area contributed by atoms with Gasteiger partial charge in [-0.05, 0) is 43.4 Å². The van der Waals surface area contributed by atoms with Gasteiger partial charge < -0.3 is 33.8 Å². The molecule has 0 saturated carbocycles. The van der Waals surface area contributed by atoms with Crippen molar-refractivity contribution >= 4 is 39.5 Å². The Bertz CT molecular complexity index is 1800. The Morgan fingerprint density at radius 3 is 0.826 bits per heavy atom. The van der Waals surface area contributed by atoms with Crippen LogP contribution in [0.25, 0.3) is 0 Å². The van der Waals surface area contributed by atoms with E-state index in [0.29, 0.717) is 37.5 Å². The number of ether oxygens (including phenoxy) is 4. The zero-order chi connectivity index (χ0) is 68.0. The molecule has 0 heterocycles. The van der Waals surface area contributed by atoms with E-state index in [1.807, 2.05) is 0 Å². The Morgan fingerprint density at radius 1 is 0.315 bits per heavy atom. The quantitative estimate of drug-likeness (QED) is 0.0222. The van der Waals surface area contributed by atoms with Crippen LogP contribution in [0.4, 0.5) is 0 Å². The second-order valence-corrected chi connectivity index (χ2v) is 30.4. The molecule has 92 heavy (non-hydrogen) atoms. The normalized spacial score (nSPS) is 14.4. The summed E-state index contributed by atoms with van der Waals surface area (Å²) >= 11 is 0. The van der Waals surface area contributed by atoms with Gasteiger partial charge in [-0.25, -0.2) is 9.13 Å². The predicted molar refractivity (Wildman–Crippen MR) is 372 cm³/mol. The first-order valence-corrected chi connectivity index (χ1v) is 40.9. The minimum Gasteiger partial charge on any atom is -0.462 e. The fourth-order valence-electron chi connectivity index (χ4n) is 11.0. The molecule has 0 radical (unpaired) electrons. The van der Waals surface area contributed by atoms with Gasteiger partial charge in [0, 0.05) is 25.7 Å². The van der Waals surface area contributed by atoms with E-state index < -0.39 is 97.5 Å². The van der Waals surface area contributed by atoms with E-state index in [-0.39, 0.29) is 25.7 Å². The lowest BCUT2D eigenvalue weighted by Gasteiger charge is -2.21. The molecule has 0 rings (SSSR count). The van der Waals surface area contributed by atoms with Crippen molar-refractivity contribution in [2.24, 2.45) is 17.8 Å². The lowest BCUT2D eigenvalue weighted by Crippen LogP contribution is -2.30. The van der Waals surface area contributed by atoms with Crippen LogP contribution in [-0.2, 0) is 65.4 Å². The minimum absolute atomic E-state index is 0.101. The molecule has 0 aromatic heterocycles. The van der Waals surface area contributed by atoms with Gasteiger partial charge in [0.2, 0.25) is 0 Å². The van der Waals surface area contributed by atoms with Gasteiger partial charge in [-0.3, -0.25) is 37.3 Å². The van der Waals surface area contributed by atoms with Gasteiger partial charge in [0.1, 0.15) is 19.3 Å². The van der Waals surface area contributed by atoms with Crippen LogP contribution in [0.5, 0.6) is 0 Å². The van der Waals surface area contributed by atoms with Gasteiger partial charge in [-0.15, -0.1) is 0 Å². The van der Waals surface area contributed by atoms with Crippen LogP contribution in [0.3, 0.4) is 0 Å². The highest BCUT2D eigenvalue weighted by atomic mass is 31.2. The number of hydrogen-bond donors (Lipinski definition) is 3. The van der Waals surface area contributed by atoms with Crippen molar-refractivity contribution in [1.82, 2.24) is 0 Å². The lowest BCUT2D eigenvalue weighted by atomic mass is 9.99. The van der Waals surface area contributed by atoms with E-state index in [9.17, 15) is 43.2 Å². The number of unbranched alkanes of at least 4 members (excludes halogenated alkanes) is 38. The summed E-state index contributed by atoms with van der Waals surface area (Å²) in [5, 5.41) is 10.6. The van der Waals surface area contributed by atoms with Gasteiger partial charge in [-0.2, -0.15) is 0 Å². The minimum atomic E-state index is -4.96. The van der Waals surface area contributed by atoms with Gasteiger partial charge in [-0.1, -0.05) is 318 Å². The summed E-state index contributed by atoms with van der Waals surface area (Å²) in [5.41, 5.74) is 0. The molecule has 0 aliphatic carbocycles. The third-order valence-electron chi connectivity index (χ3n) is 17.2. The maximum atomic E-state index is 13.1. The molecule has 0 saturated heterocycles. The van der Waals surface area contributed by atoms with Crippen LogP contribution in [0.2, 0.25) is 0 Å². The number of aliphatic hydroxyl groups excluding tert-OH is 1. The number of aliphatic hydroxyl groups is 1. The molecule has 0 fully saturated rings. The number of esters is 4. The highest BCUT2D eigenvalue weighted by Gasteiger charge is 2.30. The molecule has 3 unspecified atom stereocenters. The third-order valence-corrected chi connectivity index (χ3v) is 19.1. The molecular weight excluding hydrogens is 1210 g/mol. The van der Waals surface area contributed by atoms with Crippen molar-refractivity contribution < 1.29 is 80.2 Å². The molecule has 0 amide bonds. The number of hydrogen-bond acceptors (Lipinski definition) is 15. The first-order chi connectivity index (χ1) is 44.3. The zero-order valence-corrected chi connectivity index (χ0v) is 61.8. The van der Waals surface area contributed by atoms with Crippen LogP contribution in [-0.4, -0.2) is 96.7 Å². The molecule has 0 spiro atoms. The summed E-state index contributed by atoms with van der Waals surface area (Å²) in [4.78, 5) is 72.6. The Hall–Kier alpha value is -1.94. The summed E-state index contributed by atoms with van der Waals surface area (Å²) < 4.78 is 68.3. The molecule has 0 aromatic carbocycles. The van der Waals surface area contributed by atoms with E-state index in [0.717, 1.165) is 102 Å². The van der Waals surface area contributed by atoms with E-state index in [4.69, 9.17) is 37.0 Å². The molecule has 546 valence electrons. The molecular formula is C73H142O17P2. The van der Waals surface area contributed by atoms with E-state index in [2.05, 4.69) is 48.5 Å². The van der Waals surface area contributed by atoms with Gasteiger partial charge in [0.15, 0.2) is 12.2 Å². The van der Waals surface area contributed by atoms with Crippen LogP contribution in [0, 0.1) is 17.8 Å². The maximum absolute atomic E-state index is 13.1. The molecule has 0 aliphatic heterocycles. The molecule has 19 heteroatoms. The second-order valence-electron chi connectivity index (χ2n) is 27.5. The highest BCUT2D eigenvalue weighted by Crippen LogP contribution is 2.45. The van der Waals surface area contributed by atoms with Gasteiger partial charge >= 0.3 is 39.5 Å². The van der Waals surface area contributed by atoms with Gasteiger partial charge in [0.25, 0.3) is 0 Å².